The van der Waals surface area contributed by atoms with Crippen molar-refractivity contribution in [2.24, 2.45) is 10.6 Å². The molecule has 2 atom stereocenters. The minimum absolute atomic E-state index is 0.0170. The van der Waals surface area contributed by atoms with E-state index < -0.39 is 10.0 Å². The highest BCUT2D eigenvalue weighted by molar-refractivity contribution is 7.89. The zero-order valence-corrected chi connectivity index (χ0v) is 15.5. The molecule has 0 amide bonds. The molecule has 1 fully saturated rings. The van der Waals surface area contributed by atoms with Crippen LogP contribution >= 0.6 is 0 Å². The third kappa shape index (κ3) is 2.89. The van der Waals surface area contributed by atoms with Gasteiger partial charge in [-0.15, -0.1) is 0 Å². The van der Waals surface area contributed by atoms with Gasteiger partial charge in [-0.25, -0.2) is 18.5 Å². The number of nitrogens with two attached hydrogens (primary N) is 1. The minimum Gasteiger partial charge on any atom is -0.448 e. The third-order valence-corrected chi connectivity index (χ3v) is 5.88. The molecule has 1 aliphatic carbocycles. The first-order valence-electron chi connectivity index (χ1n) is 8.01. The van der Waals surface area contributed by atoms with Gasteiger partial charge in [0.05, 0.1) is 10.6 Å². The van der Waals surface area contributed by atoms with Crippen LogP contribution < -0.4 is 5.14 Å². The SMILES string of the molecule is CC(C)(C)c1coc([C@H]2[C@H](c3ccc(S(N)(=O)=O)cc3)C2(C)C)n1. The first kappa shape index (κ1) is 17.2. The number of rotatable bonds is 3. The Balaban J connectivity index is 1.89. The van der Waals surface area contributed by atoms with Crippen LogP contribution in [0.5, 0.6) is 0 Å². The van der Waals surface area contributed by atoms with Crippen molar-refractivity contribution in [1.29, 1.82) is 0 Å². The summed E-state index contributed by atoms with van der Waals surface area (Å²) in [6.45, 7) is 10.7. The molecule has 1 aromatic heterocycles. The summed E-state index contributed by atoms with van der Waals surface area (Å²) >= 11 is 0. The second kappa shape index (κ2) is 5.17. The van der Waals surface area contributed by atoms with Crippen LogP contribution in [-0.4, -0.2) is 13.4 Å². The van der Waals surface area contributed by atoms with Crippen LogP contribution in [0.1, 0.15) is 63.6 Å². The van der Waals surface area contributed by atoms with Crippen molar-refractivity contribution in [1.82, 2.24) is 4.98 Å². The van der Waals surface area contributed by atoms with E-state index in [-0.39, 0.29) is 27.6 Å². The van der Waals surface area contributed by atoms with Crippen molar-refractivity contribution < 1.29 is 12.8 Å². The fourth-order valence-corrected chi connectivity index (χ4v) is 3.88. The molecule has 0 spiro atoms. The summed E-state index contributed by atoms with van der Waals surface area (Å²) < 4.78 is 28.5. The number of nitrogens with zero attached hydrogens (tertiary/aromatic N) is 1. The molecule has 130 valence electrons. The van der Waals surface area contributed by atoms with Crippen LogP contribution in [0.4, 0.5) is 0 Å². The van der Waals surface area contributed by atoms with Crippen LogP contribution in [0.3, 0.4) is 0 Å². The van der Waals surface area contributed by atoms with E-state index in [1.807, 2.05) is 12.1 Å². The fraction of sp³-hybridized carbons (Fsp3) is 0.500. The van der Waals surface area contributed by atoms with Gasteiger partial charge in [0.1, 0.15) is 6.26 Å². The highest BCUT2D eigenvalue weighted by atomic mass is 32.2. The maximum Gasteiger partial charge on any atom is 0.238 e. The van der Waals surface area contributed by atoms with Gasteiger partial charge in [0.2, 0.25) is 10.0 Å². The average molecular weight is 348 g/mol. The van der Waals surface area contributed by atoms with Crippen molar-refractivity contribution in [3.63, 3.8) is 0 Å². The first-order valence-corrected chi connectivity index (χ1v) is 9.55. The van der Waals surface area contributed by atoms with E-state index in [1.54, 1.807) is 18.4 Å². The van der Waals surface area contributed by atoms with E-state index in [4.69, 9.17) is 9.56 Å². The standard InChI is InChI=1S/C18H24N2O3S/c1-17(2,3)13-10-23-16(20-13)15-14(18(15,4)5)11-6-8-12(9-7-11)24(19,21)22/h6-10,14-15H,1-5H3,(H2,19,21,22)/t14-,15+/m0/s1. The Labute approximate surface area is 143 Å². The molecule has 0 bridgehead atoms. The molecule has 1 aromatic carbocycles. The zero-order chi connectivity index (χ0) is 17.9. The number of primary sulfonamides is 1. The van der Waals surface area contributed by atoms with Crippen LogP contribution in [-0.2, 0) is 15.4 Å². The van der Waals surface area contributed by atoms with Gasteiger partial charge in [-0.2, -0.15) is 0 Å². The van der Waals surface area contributed by atoms with Gasteiger partial charge in [0.25, 0.3) is 0 Å². The lowest BCUT2D eigenvalue weighted by Gasteiger charge is -2.13. The van der Waals surface area contributed by atoms with Crippen LogP contribution in [0.2, 0.25) is 0 Å². The van der Waals surface area contributed by atoms with Gasteiger partial charge >= 0.3 is 0 Å². The van der Waals surface area contributed by atoms with E-state index >= 15 is 0 Å². The van der Waals surface area contributed by atoms with Gasteiger partial charge < -0.3 is 4.42 Å². The van der Waals surface area contributed by atoms with E-state index in [0.717, 1.165) is 17.1 Å². The molecule has 24 heavy (non-hydrogen) atoms. The Bertz CT molecular complexity index is 858. The second-order valence-corrected chi connectivity index (χ2v) is 9.77. The molecule has 5 nitrogen and oxygen atoms in total. The van der Waals surface area contributed by atoms with Crippen LogP contribution in [0.25, 0.3) is 0 Å². The zero-order valence-electron chi connectivity index (χ0n) is 14.7. The van der Waals surface area contributed by atoms with E-state index in [0.29, 0.717) is 0 Å². The molecule has 0 saturated heterocycles. The molecule has 0 radical (unpaired) electrons. The fourth-order valence-electron chi connectivity index (χ4n) is 3.36. The highest BCUT2D eigenvalue weighted by Gasteiger charge is 2.61. The minimum atomic E-state index is -3.66. The lowest BCUT2D eigenvalue weighted by molar-refractivity contribution is 0.466. The van der Waals surface area contributed by atoms with Crippen molar-refractivity contribution in [2.75, 3.05) is 0 Å². The number of benzene rings is 1. The highest BCUT2D eigenvalue weighted by Crippen LogP contribution is 2.69. The number of sulfonamides is 1. The Morgan fingerprint density at radius 3 is 2.17 bits per heavy atom. The third-order valence-electron chi connectivity index (χ3n) is 4.95. The van der Waals surface area contributed by atoms with E-state index in [2.05, 4.69) is 39.6 Å². The molecule has 1 aliphatic rings. The Morgan fingerprint density at radius 2 is 1.71 bits per heavy atom. The first-order chi connectivity index (χ1) is 10.9. The summed E-state index contributed by atoms with van der Waals surface area (Å²) in [6, 6.07) is 6.79. The maximum absolute atomic E-state index is 11.4. The van der Waals surface area contributed by atoms with Crippen molar-refractivity contribution in [2.45, 2.75) is 56.8 Å². The largest absolute Gasteiger partial charge is 0.448 e. The van der Waals surface area contributed by atoms with Crippen molar-refractivity contribution in [3.8, 4) is 0 Å². The van der Waals surface area contributed by atoms with Gasteiger partial charge in [-0.1, -0.05) is 46.8 Å². The summed E-state index contributed by atoms with van der Waals surface area (Å²) in [7, 11) is -3.66. The van der Waals surface area contributed by atoms with Gasteiger partial charge in [-0.05, 0) is 23.1 Å². The number of oxazole rings is 1. The summed E-state index contributed by atoms with van der Waals surface area (Å²) in [6.07, 6.45) is 1.74. The second-order valence-electron chi connectivity index (χ2n) is 8.21. The van der Waals surface area contributed by atoms with Gasteiger partial charge in [-0.3, -0.25) is 0 Å². The number of hydrogen-bond acceptors (Lipinski definition) is 4. The number of aromatic nitrogens is 1. The maximum atomic E-state index is 11.4. The average Bonchev–Trinajstić information content (AvgIpc) is 2.83. The van der Waals surface area contributed by atoms with Crippen molar-refractivity contribution in [3.05, 3.63) is 47.7 Å². The lowest BCUT2D eigenvalue weighted by atomic mass is 9.93. The molecule has 3 rings (SSSR count). The predicted molar refractivity (Wildman–Crippen MR) is 92.3 cm³/mol. The summed E-state index contributed by atoms with van der Waals surface area (Å²) in [5.41, 5.74) is 1.99. The molecular weight excluding hydrogens is 324 g/mol. The number of hydrogen-bond donors (Lipinski definition) is 1. The summed E-state index contributed by atoms with van der Waals surface area (Å²) in [5, 5.41) is 5.16. The monoisotopic (exact) mass is 348 g/mol. The molecule has 0 unspecified atom stereocenters. The van der Waals surface area contributed by atoms with Gasteiger partial charge in [0.15, 0.2) is 5.89 Å². The molecule has 1 heterocycles. The van der Waals surface area contributed by atoms with E-state index in [9.17, 15) is 8.42 Å². The van der Waals surface area contributed by atoms with E-state index in [1.165, 1.54) is 0 Å². The smallest absolute Gasteiger partial charge is 0.238 e. The van der Waals surface area contributed by atoms with Crippen LogP contribution in [0, 0.1) is 5.41 Å². The Morgan fingerprint density at radius 1 is 1.12 bits per heavy atom. The molecule has 6 heteroatoms. The Hall–Kier alpha value is -1.66. The normalized spacial score (nSPS) is 23.2. The quantitative estimate of drug-likeness (QED) is 0.919. The molecular formula is C18H24N2O3S. The van der Waals surface area contributed by atoms with Crippen LogP contribution in [0.15, 0.2) is 39.8 Å². The molecule has 2 N–H and O–H groups in total. The predicted octanol–water partition coefficient (Wildman–Crippen LogP) is 3.53. The topological polar surface area (TPSA) is 86.2 Å². The Kier molecular flexibility index (Phi) is 3.70. The molecule has 0 aliphatic heterocycles. The van der Waals surface area contributed by atoms with Gasteiger partial charge in [0, 0.05) is 17.3 Å². The lowest BCUT2D eigenvalue weighted by Crippen LogP contribution is -2.11. The summed E-state index contributed by atoms with van der Waals surface area (Å²) in [4.78, 5) is 4.82. The van der Waals surface area contributed by atoms with Crippen molar-refractivity contribution >= 4 is 10.0 Å². The molecule has 1 saturated carbocycles. The summed E-state index contributed by atoms with van der Waals surface area (Å²) in [5.74, 6) is 1.19. The molecule has 2 aromatic rings.